The molecule has 0 aromatic heterocycles. The first-order valence-corrected chi connectivity index (χ1v) is 8.83. The summed E-state index contributed by atoms with van der Waals surface area (Å²) < 4.78 is 67.5. The largest absolute Gasteiger partial charge is 0.449 e. The minimum absolute atomic E-state index is 0.355. The summed E-state index contributed by atoms with van der Waals surface area (Å²) >= 11 is 0. The fourth-order valence-electron chi connectivity index (χ4n) is 1.94. The average molecular weight is 402 g/mol. The van der Waals surface area contributed by atoms with Gasteiger partial charge in [0.2, 0.25) is 10.0 Å². The Hall–Kier alpha value is -2.92. The summed E-state index contributed by atoms with van der Waals surface area (Å²) in [7, 11) is -4.20. The summed E-state index contributed by atoms with van der Waals surface area (Å²) in [6.07, 6.45) is -1.50. The van der Waals surface area contributed by atoms with Gasteiger partial charge in [-0.05, 0) is 37.3 Å². The predicted molar refractivity (Wildman–Crippen MR) is 87.6 cm³/mol. The Labute approximate surface area is 152 Å². The molecule has 2 rings (SSSR count). The second-order valence-corrected chi connectivity index (χ2v) is 6.91. The lowest BCUT2D eigenvalue weighted by Gasteiger charge is -2.14. The molecule has 0 heterocycles. The highest BCUT2D eigenvalue weighted by molar-refractivity contribution is 7.89. The second kappa shape index (κ2) is 7.76. The van der Waals surface area contributed by atoms with E-state index in [2.05, 4.69) is 5.32 Å². The van der Waals surface area contributed by atoms with Crippen LogP contribution >= 0.6 is 0 Å². The molecule has 1 atom stereocenters. The number of benzene rings is 2. The molecule has 27 heavy (non-hydrogen) atoms. The van der Waals surface area contributed by atoms with Crippen molar-refractivity contribution in [3.05, 3.63) is 59.4 Å². The molecule has 3 N–H and O–H groups in total. The van der Waals surface area contributed by atoms with Crippen LogP contribution in [0.1, 0.15) is 17.3 Å². The van der Waals surface area contributed by atoms with E-state index in [1.54, 1.807) is 0 Å². The van der Waals surface area contributed by atoms with E-state index in [1.807, 2.05) is 0 Å². The summed E-state index contributed by atoms with van der Waals surface area (Å²) in [5, 5.41) is 6.98. The van der Waals surface area contributed by atoms with Gasteiger partial charge < -0.3 is 10.1 Å². The third-order valence-electron chi connectivity index (χ3n) is 3.33. The maximum atomic E-state index is 13.8. The Morgan fingerprint density at radius 3 is 2.33 bits per heavy atom. The van der Waals surface area contributed by atoms with Gasteiger partial charge >= 0.3 is 5.97 Å². The summed E-state index contributed by atoms with van der Waals surface area (Å²) in [4.78, 5) is 23.5. The van der Waals surface area contributed by atoms with Crippen LogP contribution in [0, 0.1) is 17.5 Å². The maximum absolute atomic E-state index is 13.8. The number of hydrogen-bond acceptors (Lipinski definition) is 5. The van der Waals surface area contributed by atoms with Gasteiger partial charge in [-0.15, -0.1) is 0 Å². The molecule has 144 valence electrons. The molecule has 0 aliphatic carbocycles. The molecule has 1 unspecified atom stereocenters. The van der Waals surface area contributed by atoms with Crippen molar-refractivity contribution in [1.82, 2.24) is 0 Å². The molecule has 7 nitrogen and oxygen atoms in total. The number of carbonyl (C=O) groups is 2. The number of amides is 1. The third-order valence-corrected chi connectivity index (χ3v) is 4.24. The molecule has 1 amide bonds. The molecule has 0 saturated heterocycles. The number of ether oxygens (including phenoxy) is 1. The highest BCUT2D eigenvalue weighted by atomic mass is 32.2. The van der Waals surface area contributed by atoms with Crippen LogP contribution in [0.5, 0.6) is 0 Å². The van der Waals surface area contributed by atoms with Gasteiger partial charge in [-0.3, -0.25) is 4.79 Å². The molecule has 0 radical (unpaired) electrons. The van der Waals surface area contributed by atoms with Crippen LogP contribution < -0.4 is 10.5 Å². The molecule has 0 aliphatic heterocycles. The van der Waals surface area contributed by atoms with Crippen molar-refractivity contribution in [2.24, 2.45) is 5.14 Å². The third kappa shape index (κ3) is 5.05. The van der Waals surface area contributed by atoms with Crippen LogP contribution in [0.3, 0.4) is 0 Å². The minimum atomic E-state index is -4.20. The van der Waals surface area contributed by atoms with E-state index in [4.69, 9.17) is 9.88 Å². The number of anilines is 1. The van der Waals surface area contributed by atoms with E-state index < -0.39 is 55.9 Å². The van der Waals surface area contributed by atoms with Gasteiger partial charge in [0, 0.05) is 6.07 Å². The standard InChI is InChI=1S/C16H13F3N2O5S/c1-8(15(22)21-14-5-2-9(17)6-13(14)19)26-16(23)11-7-10(27(20,24)25)3-4-12(11)18/h2-8H,1H3,(H,21,22)(H2,20,24,25). The Bertz CT molecular complexity index is 1010. The number of nitrogens with one attached hydrogen (secondary N) is 1. The SMILES string of the molecule is CC(OC(=O)c1cc(S(N)(=O)=O)ccc1F)C(=O)Nc1ccc(F)cc1F. The summed E-state index contributed by atoms with van der Waals surface area (Å²) in [5.41, 5.74) is -1.11. The minimum Gasteiger partial charge on any atom is -0.449 e. The van der Waals surface area contributed by atoms with E-state index in [0.717, 1.165) is 25.1 Å². The lowest BCUT2D eigenvalue weighted by atomic mass is 10.2. The van der Waals surface area contributed by atoms with Crippen LogP contribution in [-0.4, -0.2) is 26.4 Å². The lowest BCUT2D eigenvalue weighted by Crippen LogP contribution is -2.30. The van der Waals surface area contributed by atoms with Gasteiger partial charge in [-0.25, -0.2) is 31.5 Å². The van der Waals surface area contributed by atoms with Gasteiger partial charge in [-0.1, -0.05) is 0 Å². The normalized spacial score (nSPS) is 12.3. The number of hydrogen-bond donors (Lipinski definition) is 2. The van der Waals surface area contributed by atoms with Crippen molar-refractivity contribution in [3.63, 3.8) is 0 Å². The average Bonchev–Trinajstić information content (AvgIpc) is 2.56. The van der Waals surface area contributed by atoms with Crippen molar-refractivity contribution in [2.75, 3.05) is 5.32 Å². The highest BCUT2D eigenvalue weighted by Crippen LogP contribution is 2.18. The zero-order chi connectivity index (χ0) is 20.4. The first kappa shape index (κ1) is 20.4. The Morgan fingerprint density at radius 2 is 1.74 bits per heavy atom. The van der Waals surface area contributed by atoms with E-state index in [0.29, 0.717) is 18.2 Å². The fraction of sp³-hybridized carbons (Fsp3) is 0.125. The van der Waals surface area contributed by atoms with Crippen molar-refractivity contribution in [1.29, 1.82) is 0 Å². The van der Waals surface area contributed by atoms with Crippen LogP contribution in [0.2, 0.25) is 0 Å². The van der Waals surface area contributed by atoms with Crippen molar-refractivity contribution >= 4 is 27.6 Å². The van der Waals surface area contributed by atoms with Gasteiger partial charge in [0.15, 0.2) is 6.10 Å². The van der Waals surface area contributed by atoms with E-state index >= 15 is 0 Å². The quantitative estimate of drug-likeness (QED) is 0.742. The van der Waals surface area contributed by atoms with E-state index in [1.165, 1.54) is 0 Å². The fourth-order valence-corrected chi connectivity index (χ4v) is 2.48. The second-order valence-electron chi connectivity index (χ2n) is 5.35. The molecular formula is C16H13F3N2O5S. The smallest absolute Gasteiger partial charge is 0.341 e. The summed E-state index contributed by atoms with van der Waals surface area (Å²) in [6, 6.07) is 4.64. The van der Waals surface area contributed by atoms with Crippen LogP contribution in [-0.2, 0) is 19.6 Å². The first-order valence-electron chi connectivity index (χ1n) is 7.28. The highest BCUT2D eigenvalue weighted by Gasteiger charge is 2.23. The van der Waals surface area contributed by atoms with Crippen molar-refractivity contribution < 1.29 is 35.9 Å². The molecular weight excluding hydrogens is 389 g/mol. The molecule has 0 spiro atoms. The van der Waals surface area contributed by atoms with Crippen molar-refractivity contribution in [2.45, 2.75) is 17.9 Å². The molecule has 0 aliphatic rings. The molecule has 0 fully saturated rings. The van der Waals surface area contributed by atoms with E-state index in [9.17, 15) is 31.2 Å². The Morgan fingerprint density at radius 1 is 1.07 bits per heavy atom. The molecule has 0 bridgehead atoms. The number of rotatable bonds is 5. The Kier molecular flexibility index (Phi) is 5.86. The monoisotopic (exact) mass is 402 g/mol. The van der Waals surface area contributed by atoms with Gasteiger partial charge in [-0.2, -0.15) is 0 Å². The maximum Gasteiger partial charge on any atom is 0.341 e. The van der Waals surface area contributed by atoms with Gasteiger partial charge in [0.05, 0.1) is 16.1 Å². The number of esters is 1. The topological polar surface area (TPSA) is 116 Å². The number of primary sulfonamides is 1. The number of halogens is 3. The lowest BCUT2D eigenvalue weighted by molar-refractivity contribution is -0.123. The molecule has 2 aromatic rings. The van der Waals surface area contributed by atoms with Gasteiger partial charge in [0.25, 0.3) is 5.91 Å². The van der Waals surface area contributed by atoms with Crippen molar-refractivity contribution in [3.8, 4) is 0 Å². The first-order chi connectivity index (χ1) is 12.5. The zero-order valence-corrected chi connectivity index (χ0v) is 14.5. The number of sulfonamides is 1. The van der Waals surface area contributed by atoms with E-state index in [-0.39, 0.29) is 5.69 Å². The van der Waals surface area contributed by atoms with Gasteiger partial charge in [0.1, 0.15) is 17.5 Å². The Balaban J connectivity index is 2.14. The van der Waals surface area contributed by atoms with Crippen LogP contribution in [0.25, 0.3) is 0 Å². The van der Waals surface area contributed by atoms with Crippen LogP contribution in [0.4, 0.5) is 18.9 Å². The zero-order valence-electron chi connectivity index (χ0n) is 13.7. The number of nitrogens with two attached hydrogens (primary N) is 1. The predicted octanol–water partition coefficient (Wildman–Crippen LogP) is 1.94. The molecule has 2 aromatic carbocycles. The summed E-state index contributed by atoms with van der Waals surface area (Å²) in [6.45, 7) is 1.12. The molecule has 11 heteroatoms. The number of carbonyl (C=O) groups excluding carboxylic acids is 2. The summed E-state index contributed by atoms with van der Waals surface area (Å²) in [5.74, 6) is -5.30. The molecule has 0 saturated carbocycles. The van der Waals surface area contributed by atoms with Crippen LogP contribution in [0.15, 0.2) is 41.3 Å².